The first-order chi connectivity index (χ1) is 7.99. The fourth-order valence-corrected chi connectivity index (χ4v) is 1.96. The van der Waals surface area contributed by atoms with Crippen molar-refractivity contribution >= 4 is 17.7 Å². The lowest BCUT2D eigenvalue weighted by molar-refractivity contribution is -0.144. The maximum absolute atomic E-state index is 11.3. The molecule has 94 valence electrons. The molecule has 1 N–H and O–H groups in total. The van der Waals surface area contributed by atoms with Crippen LogP contribution >= 0.6 is 11.8 Å². The normalized spacial score (nSPS) is 12.5. The minimum absolute atomic E-state index is 0.0688. The zero-order valence-electron chi connectivity index (χ0n) is 10.3. The third-order valence-corrected chi connectivity index (χ3v) is 3.07. The van der Waals surface area contributed by atoms with Crippen LogP contribution in [0.5, 0.6) is 0 Å². The van der Waals surface area contributed by atoms with Crippen LogP contribution in [0.2, 0.25) is 0 Å². The van der Waals surface area contributed by atoms with Crippen LogP contribution < -0.4 is 0 Å². The van der Waals surface area contributed by atoms with E-state index in [0.29, 0.717) is 5.75 Å². The molecular formula is C13H18O3S. The van der Waals surface area contributed by atoms with Gasteiger partial charge in [-0.25, -0.2) is 0 Å². The Bertz CT molecular complexity index is 357. The summed E-state index contributed by atoms with van der Waals surface area (Å²) in [7, 11) is 0. The average Bonchev–Trinajstić information content (AvgIpc) is 2.26. The van der Waals surface area contributed by atoms with Gasteiger partial charge in [-0.2, -0.15) is 0 Å². The van der Waals surface area contributed by atoms with Crippen molar-refractivity contribution in [2.45, 2.75) is 37.9 Å². The van der Waals surface area contributed by atoms with Crippen LogP contribution in [0.1, 0.15) is 32.4 Å². The van der Waals surface area contributed by atoms with E-state index in [9.17, 15) is 9.90 Å². The summed E-state index contributed by atoms with van der Waals surface area (Å²) in [6.07, 6.45) is -0.527. The smallest absolute Gasteiger partial charge is 0.316 e. The van der Waals surface area contributed by atoms with Gasteiger partial charge in [0.1, 0.15) is 0 Å². The maximum Gasteiger partial charge on any atom is 0.316 e. The molecule has 0 aliphatic rings. The number of thioether (sulfide) groups is 1. The number of aliphatic hydroxyl groups excluding tert-OH is 1. The Morgan fingerprint density at radius 3 is 2.35 bits per heavy atom. The fraction of sp³-hybridized carbons (Fsp3) is 0.462. The Balaban J connectivity index is 2.44. The van der Waals surface area contributed by atoms with Crippen molar-refractivity contribution < 1.29 is 14.6 Å². The number of esters is 1. The molecule has 1 atom stereocenters. The SMILES string of the molecule is CC(C)OC(=O)CSc1ccc(C(C)O)cc1. The lowest BCUT2D eigenvalue weighted by Gasteiger charge is -2.08. The van der Waals surface area contributed by atoms with Gasteiger partial charge in [-0.05, 0) is 38.5 Å². The summed E-state index contributed by atoms with van der Waals surface area (Å²) >= 11 is 1.43. The Morgan fingerprint density at radius 2 is 1.88 bits per heavy atom. The summed E-state index contributed by atoms with van der Waals surface area (Å²) in [6.45, 7) is 5.39. The van der Waals surface area contributed by atoms with Gasteiger partial charge in [-0.1, -0.05) is 12.1 Å². The highest BCUT2D eigenvalue weighted by atomic mass is 32.2. The van der Waals surface area contributed by atoms with Gasteiger partial charge >= 0.3 is 5.97 Å². The lowest BCUT2D eigenvalue weighted by atomic mass is 10.1. The Labute approximate surface area is 106 Å². The summed E-state index contributed by atoms with van der Waals surface area (Å²) in [5.74, 6) is 0.108. The maximum atomic E-state index is 11.3. The molecule has 0 aliphatic carbocycles. The lowest BCUT2D eigenvalue weighted by Crippen LogP contribution is -2.13. The van der Waals surface area contributed by atoms with Crippen LogP contribution in [0.4, 0.5) is 0 Å². The molecule has 1 unspecified atom stereocenters. The van der Waals surface area contributed by atoms with Gasteiger partial charge in [0.2, 0.25) is 0 Å². The van der Waals surface area contributed by atoms with E-state index < -0.39 is 6.10 Å². The van der Waals surface area contributed by atoms with Crippen molar-refractivity contribution in [3.63, 3.8) is 0 Å². The van der Waals surface area contributed by atoms with Gasteiger partial charge in [0.15, 0.2) is 0 Å². The number of benzene rings is 1. The van der Waals surface area contributed by atoms with Crippen molar-refractivity contribution in [3.8, 4) is 0 Å². The van der Waals surface area contributed by atoms with Crippen molar-refractivity contribution in [3.05, 3.63) is 29.8 Å². The van der Waals surface area contributed by atoms with E-state index in [4.69, 9.17) is 4.74 Å². The number of rotatable bonds is 5. The van der Waals surface area contributed by atoms with Crippen molar-refractivity contribution in [2.75, 3.05) is 5.75 Å². The third-order valence-electron chi connectivity index (χ3n) is 2.09. The Morgan fingerprint density at radius 1 is 1.29 bits per heavy atom. The van der Waals surface area contributed by atoms with E-state index in [0.717, 1.165) is 10.5 Å². The van der Waals surface area contributed by atoms with E-state index in [1.54, 1.807) is 6.92 Å². The van der Waals surface area contributed by atoms with Gasteiger partial charge in [0.05, 0.1) is 18.0 Å². The molecule has 0 aromatic heterocycles. The van der Waals surface area contributed by atoms with E-state index >= 15 is 0 Å². The van der Waals surface area contributed by atoms with Crippen molar-refractivity contribution in [2.24, 2.45) is 0 Å². The molecule has 1 aromatic carbocycles. The van der Waals surface area contributed by atoms with Crippen LogP contribution in [0.25, 0.3) is 0 Å². The number of carbonyl (C=O) groups is 1. The van der Waals surface area contributed by atoms with Crippen LogP contribution in [0.15, 0.2) is 29.2 Å². The molecule has 3 nitrogen and oxygen atoms in total. The highest BCUT2D eigenvalue weighted by Gasteiger charge is 2.06. The zero-order chi connectivity index (χ0) is 12.8. The first-order valence-electron chi connectivity index (χ1n) is 5.59. The van der Waals surface area contributed by atoms with E-state index in [-0.39, 0.29) is 12.1 Å². The number of hydrogen-bond acceptors (Lipinski definition) is 4. The standard InChI is InChI=1S/C13H18O3S/c1-9(2)16-13(15)8-17-12-6-4-11(5-7-12)10(3)14/h4-7,9-10,14H,8H2,1-3H3. The van der Waals surface area contributed by atoms with Crippen LogP contribution in [-0.4, -0.2) is 22.9 Å². The van der Waals surface area contributed by atoms with Gasteiger partial charge in [0, 0.05) is 4.90 Å². The summed E-state index contributed by atoms with van der Waals surface area (Å²) in [5, 5.41) is 9.35. The number of aliphatic hydroxyl groups is 1. The Kier molecular flexibility index (Phi) is 5.51. The zero-order valence-corrected chi connectivity index (χ0v) is 11.2. The van der Waals surface area contributed by atoms with Crippen molar-refractivity contribution in [1.82, 2.24) is 0 Å². The van der Waals surface area contributed by atoms with Crippen molar-refractivity contribution in [1.29, 1.82) is 0 Å². The second-order valence-corrected chi connectivity index (χ2v) is 5.12. The van der Waals surface area contributed by atoms with Crippen LogP contribution in [0.3, 0.4) is 0 Å². The summed E-state index contributed by atoms with van der Waals surface area (Å²) in [5.41, 5.74) is 0.874. The molecule has 0 spiro atoms. The monoisotopic (exact) mass is 254 g/mol. The highest BCUT2D eigenvalue weighted by molar-refractivity contribution is 8.00. The summed E-state index contributed by atoms with van der Waals surface area (Å²) in [4.78, 5) is 12.3. The molecule has 1 rings (SSSR count). The fourth-order valence-electron chi connectivity index (χ4n) is 1.28. The molecule has 0 bridgehead atoms. The Hall–Kier alpha value is -1.00. The molecule has 0 aliphatic heterocycles. The molecule has 0 heterocycles. The molecule has 0 fully saturated rings. The van der Waals surface area contributed by atoms with E-state index in [2.05, 4.69) is 0 Å². The number of hydrogen-bond donors (Lipinski definition) is 1. The van der Waals surface area contributed by atoms with Gasteiger partial charge in [-0.15, -0.1) is 11.8 Å². The topological polar surface area (TPSA) is 46.5 Å². The minimum Gasteiger partial charge on any atom is -0.462 e. The van der Waals surface area contributed by atoms with Gasteiger partial charge < -0.3 is 9.84 Å². The second-order valence-electron chi connectivity index (χ2n) is 4.07. The van der Waals surface area contributed by atoms with E-state index in [1.807, 2.05) is 38.1 Å². The average molecular weight is 254 g/mol. The third kappa shape index (κ3) is 5.24. The van der Waals surface area contributed by atoms with Gasteiger partial charge in [-0.3, -0.25) is 4.79 Å². The molecule has 0 saturated carbocycles. The first-order valence-corrected chi connectivity index (χ1v) is 6.58. The first kappa shape index (κ1) is 14.1. The molecule has 0 amide bonds. The second kappa shape index (κ2) is 6.67. The van der Waals surface area contributed by atoms with Crippen LogP contribution in [0, 0.1) is 0 Å². The molecule has 0 saturated heterocycles. The predicted octanol–water partition coefficient (Wildman–Crippen LogP) is 2.78. The molecule has 4 heteroatoms. The molecule has 0 radical (unpaired) electrons. The molecule has 17 heavy (non-hydrogen) atoms. The van der Waals surface area contributed by atoms with Crippen LogP contribution in [-0.2, 0) is 9.53 Å². The molecular weight excluding hydrogens is 236 g/mol. The van der Waals surface area contributed by atoms with Gasteiger partial charge in [0.25, 0.3) is 0 Å². The quantitative estimate of drug-likeness (QED) is 0.648. The number of carbonyl (C=O) groups excluding carboxylic acids is 1. The van der Waals surface area contributed by atoms with E-state index in [1.165, 1.54) is 11.8 Å². The summed E-state index contributed by atoms with van der Waals surface area (Å²) < 4.78 is 5.03. The minimum atomic E-state index is -0.458. The number of ether oxygens (including phenoxy) is 1. The highest BCUT2D eigenvalue weighted by Crippen LogP contribution is 2.21. The predicted molar refractivity (Wildman–Crippen MR) is 69.0 cm³/mol. The largest absolute Gasteiger partial charge is 0.462 e. The summed E-state index contributed by atoms with van der Waals surface area (Å²) in [6, 6.07) is 7.52. The molecule has 1 aromatic rings.